The maximum atomic E-state index is 12.2. The Kier molecular flexibility index (Phi) is 35.9. The highest BCUT2D eigenvalue weighted by atomic mass is 31.2. The zero-order valence-electron chi connectivity index (χ0n) is 33.6. The van der Waals surface area contributed by atoms with Crippen LogP contribution in [0.25, 0.3) is 0 Å². The average molecular weight is 776 g/mol. The molecule has 0 aromatic heterocycles. The van der Waals surface area contributed by atoms with E-state index in [9.17, 15) is 34.1 Å². The quantitative estimate of drug-likeness (QED) is 0.0203. The summed E-state index contributed by atoms with van der Waals surface area (Å²) in [6, 6.07) is -1.55. The number of hydrogen-bond donors (Lipinski definition) is 4. The number of carbonyl (C=O) groups excluding carboxylic acids is 2. The number of aliphatic hydroxyl groups is 1. The van der Waals surface area contributed by atoms with E-state index in [4.69, 9.17) is 13.8 Å². The number of phosphoric acid groups is 1. The third kappa shape index (κ3) is 36.9. The monoisotopic (exact) mass is 776 g/mol. The van der Waals surface area contributed by atoms with Crippen LogP contribution < -0.4 is 5.32 Å². The molecule has 0 aliphatic rings. The Labute approximate surface area is 322 Å². The molecule has 0 heterocycles. The fraction of sp³-hybridized carbons (Fsp3) is 0.878. The third-order valence-corrected chi connectivity index (χ3v) is 10.3. The van der Waals surface area contributed by atoms with E-state index in [1.807, 2.05) is 0 Å². The van der Waals surface area contributed by atoms with Gasteiger partial charge >= 0.3 is 19.8 Å². The van der Waals surface area contributed by atoms with Crippen molar-refractivity contribution in [2.75, 3.05) is 19.8 Å². The van der Waals surface area contributed by atoms with Crippen molar-refractivity contribution >= 4 is 25.7 Å². The molecule has 0 rings (SSSR count). The molecule has 3 unspecified atom stereocenters. The lowest BCUT2D eigenvalue weighted by atomic mass is 10.0. The topological polar surface area (TPSA) is 169 Å². The van der Waals surface area contributed by atoms with E-state index < -0.39 is 57.6 Å². The van der Waals surface area contributed by atoms with E-state index >= 15 is 0 Å². The first-order valence-electron chi connectivity index (χ1n) is 21.2. The standard InChI is InChI=1S/C41H78NO10P/c1-3-5-7-9-11-13-15-16-17-18-19-20-21-23-25-27-29-31-33-40(45)50-34-37(43)35-51-53(48,49)52-36-38(41(46)47)42-39(44)32-30-28-26-24-22-14-12-10-8-6-4-2/h10,12,37-38,43H,3-9,11,13-36H2,1-2H3,(H,42,44)(H,46,47)(H,48,49)/b12-10-. The summed E-state index contributed by atoms with van der Waals surface area (Å²) in [7, 11) is -4.75. The number of carbonyl (C=O) groups is 3. The van der Waals surface area contributed by atoms with Crippen LogP contribution in [0.5, 0.6) is 0 Å². The van der Waals surface area contributed by atoms with Gasteiger partial charge < -0.3 is 25.2 Å². The number of rotatable bonds is 40. The Morgan fingerprint density at radius 1 is 0.585 bits per heavy atom. The molecule has 1 amide bonds. The Bertz CT molecular complexity index is 963. The van der Waals surface area contributed by atoms with Crippen LogP contribution in [0.2, 0.25) is 0 Å². The fourth-order valence-electron chi connectivity index (χ4n) is 5.94. The normalized spacial score (nSPS) is 13.9. The predicted molar refractivity (Wildman–Crippen MR) is 213 cm³/mol. The van der Waals surface area contributed by atoms with Gasteiger partial charge in [0.1, 0.15) is 12.7 Å². The van der Waals surface area contributed by atoms with E-state index in [0.717, 1.165) is 57.8 Å². The molecule has 312 valence electrons. The van der Waals surface area contributed by atoms with Crippen molar-refractivity contribution in [3.8, 4) is 0 Å². The Hall–Kier alpha value is -1.78. The van der Waals surface area contributed by atoms with Gasteiger partial charge in [0, 0.05) is 12.8 Å². The van der Waals surface area contributed by atoms with Gasteiger partial charge in [-0.05, 0) is 32.1 Å². The number of allylic oxidation sites excluding steroid dienone is 2. The molecule has 4 N–H and O–H groups in total. The second-order valence-corrected chi connectivity index (χ2v) is 16.0. The van der Waals surface area contributed by atoms with Crippen molar-refractivity contribution in [1.82, 2.24) is 5.32 Å². The summed E-state index contributed by atoms with van der Waals surface area (Å²) in [6.07, 6.45) is 35.3. The number of esters is 1. The second-order valence-electron chi connectivity index (χ2n) is 14.5. The largest absolute Gasteiger partial charge is 0.480 e. The highest BCUT2D eigenvalue weighted by molar-refractivity contribution is 7.47. The van der Waals surface area contributed by atoms with Gasteiger partial charge in [0.05, 0.1) is 13.2 Å². The smallest absolute Gasteiger partial charge is 0.472 e. The highest BCUT2D eigenvalue weighted by Gasteiger charge is 2.28. The molecule has 0 aliphatic carbocycles. The molecule has 0 bridgehead atoms. The molecule has 53 heavy (non-hydrogen) atoms. The van der Waals surface area contributed by atoms with Crippen LogP contribution in [0.1, 0.15) is 200 Å². The number of unbranched alkanes of at least 4 members (excludes halogenated alkanes) is 24. The molecule has 0 saturated carbocycles. The first-order valence-corrected chi connectivity index (χ1v) is 22.7. The molecular formula is C41H78NO10P. The SMILES string of the molecule is CCCC/C=C\CCCCCCCC(=O)NC(COP(=O)(O)OCC(O)COC(=O)CCCCCCCCCCCCCCCCCCCC)C(=O)O. The second kappa shape index (κ2) is 37.2. The van der Waals surface area contributed by atoms with E-state index in [2.05, 4.69) is 31.3 Å². The predicted octanol–water partition coefficient (Wildman–Crippen LogP) is 10.5. The van der Waals surface area contributed by atoms with Crippen molar-refractivity contribution < 1.29 is 47.8 Å². The number of carboxylic acids is 1. The van der Waals surface area contributed by atoms with Crippen LogP contribution in [0, 0.1) is 0 Å². The summed E-state index contributed by atoms with van der Waals surface area (Å²) < 4.78 is 26.8. The van der Waals surface area contributed by atoms with Crippen LogP contribution in [0.15, 0.2) is 12.2 Å². The van der Waals surface area contributed by atoms with Gasteiger partial charge in [0.25, 0.3) is 0 Å². The average Bonchev–Trinajstić information content (AvgIpc) is 3.13. The molecule has 3 atom stereocenters. The lowest BCUT2D eigenvalue weighted by Gasteiger charge is -2.18. The number of phosphoric ester groups is 1. The lowest BCUT2D eigenvalue weighted by molar-refractivity contribution is -0.147. The van der Waals surface area contributed by atoms with Crippen molar-refractivity contribution in [1.29, 1.82) is 0 Å². The van der Waals surface area contributed by atoms with Crippen molar-refractivity contribution in [3.63, 3.8) is 0 Å². The number of carboxylic acid groups (broad SMARTS) is 1. The van der Waals surface area contributed by atoms with Crippen LogP contribution in [-0.2, 0) is 32.7 Å². The maximum Gasteiger partial charge on any atom is 0.472 e. The van der Waals surface area contributed by atoms with Crippen LogP contribution in [-0.4, -0.2) is 64.9 Å². The summed E-state index contributed by atoms with van der Waals surface area (Å²) in [5.74, 6) is -2.38. The van der Waals surface area contributed by atoms with Gasteiger partial charge in [-0.3, -0.25) is 18.6 Å². The van der Waals surface area contributed by atoms with Crippen molar-refractivity contribution in [2.45, 2.75) is 212 Å². The molecule has 0 aliphatic heterocycles. The van der Waals surface area contributed by atoms with Gasteiger partial charge in [-0.1, -0.05) is 167 Å². The van der Waals surface area contributed by atoms with Gasteiger partial charge in [0.2, 0.25) is 5.91 Å². The lowest BCUT2D eigenvalue weighted by Crippen LogP contribution is -2.43. The van der Waals surface area contributed by atoms with E-state index in [0.29, 0.717) is 12.8 Å². The number of amides is 1. The Balaban J connectivity index is 3.85. The summed E-state index contributed by atoms with van der Waals surface area (Å²) in [6.45, 7) is 2.55. The minimum Gasteiger partial charge on any atom is -0.480 e. The number of hydrogen-bond acceptors (Lipinski definition) is 8. The molecule has 0 spiro atoms. The molecule has 0 saturated heterocycles. The first-order chi connectivity index (χ1) is 25.6. The summed E-state index contributed by atoms with van der Waals surface area (Å²) in [5.41, 5.74) is 0. The molecule has 0 aromatic rings. The molecular weight excluding hydrogens is 697 g/mol. The molecule has 0 fully saturated rings. The van der Waals surface area contributed by atoms with Gasteiger partial charge in [-0.25, -0.2) is 9.36 Å². The van der Waals surface area contributed by atoms with Gasteiger partial charge in [-0.2, -0.15) is 0 Å². The highest BCUT2D eigenvalue weighted by Crippen LogP contribution is 2.43. The van der Waals surface area contributed by atoms with E-state index in [1.54, 1.807) is 0 Å². The number of aliphatic hydroxyl groups excluding tert-OH is 1. The Morgan fingerprint density at radius 2 is 1.00 bits per heavy atom. The van der Waals surface area contributed by atoms with Gasteiger partial charge in [-0.15, -0.1) is 0 Å². The Morgan fingerprint density at radius 3 is 1.49 bits per heavy atom. The number of aliphatic carboxylic acids is 1. The minimum absolute atomic E-state index is 0.137. The van der Waals surface area contributed by atoms with Crippen molar-refractivity contribution in [2.24, 2.45) is 0 Å². The van der Waals surface area contributed by atoms with Crippen molar-refractivity contribution in [3.05, 3.63) is 12.2 Å². The van der Waals surface area contributed by atoms with Crippen LogP contribution >= 0.6 is 7.82 Å². The number of ether oxygens (including phenoxy) is 1. The minimum atomic E-state index is -4.75. The van der Waals surface area contributed by atoms with E-state index in [-0.39, 0.29) is 12.8 Å². The first kappa shape index (κ1) is 51.2. The zero-order chi connectivity index (χ0) is 39.3. The number of nitrogens with one attached hydrogen (secondary N) is 1. The summed E-state index contributed by atoms with van der Waals surface area (Å²) in [5, 5.41) is 21.8. The molecule has 0 radical (unpaired) electrons. The molecule has 12 heteroatoms. The summed E-state index contributed by atoms with van der Waals surface area (Å²) in [4.78, 5) is 45.7. The maximum absolute atomic E-state index is 12.2. The molecule has 0 aromatic carbocycles. The zero-order valence-corrected chi connectivity index (χ0v) is 34.5. The van der Waals surface area contributed by atoms with Crippen LogP contribution in [0.3, 0.4) is 0 Å². The molecule has 11 nitrogen and oxygen atoms in total. The van der Waals surface area contributed by atoms with E-state index in [1.165, 1.54) is 103 Å². The fourth-order valence-corrected chi connectivity index (χ4v) is 6.72. The third-order valence-electron chi connectivity index (χ3n) is 9.30. The van der Waals surface area contributed by atoms with Crippen LogP contribution in [0.4, 0.5) is 0 Å². The summed E-state index contributed by atoms with van der Waals surface area (Å²) >= 11 is 0. The van der Waals surface area contributed by atoms with Gasteiger partial charge in [0.15, 0.2) is 6.04 Å².